The maximum absolute atomic E-state index is 11.1. The first-order valence-corrected chi connectivity index (χ1v) is 5.31. The van der Waals surface area contributed by atoms with Crippen molar-refractivity contribution >= 4 is 5.97 Å². The van der Waals surface area contributed by atoms with Crippen molar-refractivity contribution in [2.45, 2.75) is 39.5 Å². The molecule has 0 saturated carbocycles. The van der Waals surface area contributed by atoms with Crippen LogP contribution in [-0.4, -0.2) is 26.3 Å². The van der Waals surface area contributed by atoms with Crippen LogP contribution in [0.2, 0.25) is 0 Å². The summed E-state index contributed by atoms with van der Waals surface area (Å²) in [5.74, 6) is 0.512. The van der Waals surface area contributed by atoms with Crippen LogP contribution >= 0.6 is 0 Å². The molecule has 0 aliphatic carbocycles. The van der Waals surface area contributed by atoms with Crippen LogP contribution in [0.1, 0.15) is 39.5 Å². The molecule has 0 radical (unpaired) electrons. The zero-order valence-electron chi connectivity index (χ0n) is 9.54. The van der Waals surface area contributed by atoms with Crippen LogP contribution in [0.25, 0.3) is 0 Å². The first kappa shape index (κ1) is 13.4. The van der Waals surface area contributed by atoms with Crippen molar-refractivity contribution in [3.8, 4) is 0 Å². The van der Waals surface area contributed by atoms with Crippen LogP contribution in [0.3, 0.4) is 0 Å². The predicted molar refractivity (Wildman–Crippen MR) is 56.1 cm³/mol. The quantitative estimate of drug-likeness (QED) is 0.448. The number of methoxy groups -OCH3 is 1. The van der Waals surface area contributed by atoms with E-state index < -0.39 is 0 Å². The van der Waals surface area contributed by atoms with E-state index in [9.17, 15) is 4.79 Å². The summed E-state index contributed by atoms with van der Waals surface area (Å²) >= 11 is 0. The summed E-state index contributed by atoms with van der Waals surface area (Å²) in [4.78, 5) is 11.1. The van der Waals surface area contributed by atoms with Crippen LogP contribution in [0.5, 0.6) is 0 Å². The Morgan fingerprint density at radius 3 is 2.50 bits per heavy atom. The minimum Gasteiger partial charge on any atom is -0.466 e. The van der Waals surface area contributed by atoms with Crippen LogP contribution in [0.15, 0.2) is 0 Å². The fraction of sp³-hybridized carbons (Fsp3) is 0.909. The van der Waals surface area contributed by atoms with Gasteiger partial charge in [0.05, 0.1) is 6.61 Å². The molecule has 0 aromatic rings. The first-order valence-electron chi connectivity index (χ1n) is 5.31. The normalized spacial score (nSPS) is 10.6. The number of esters is 1. The molecule has 0 unspecified atom stereocenters. The Labute approximate surface area is 86.8 Å². The monoisotopic (exact) mass is 202 g/mol. The van der Waals surface area contributed by atoms with Gasteiger partial charge in [0.1, 0.15) is 0 Å². The van der Waals surface area contributed by atoms with Crippen molar-refractivity contribution in [2.24, 2.45) is 5.92 Å². The minimum absolute atomic E-state index is 0.0817. The van der Waals surface area contributed by atoms with Crippen molar-refractivity contribution in [3.63, 3.8) is 0 Å². The van der Waals surface area contributed by atoms with Gasteiger partial charge in [0.2, 0.25) is 0 Å². The molecule has 0 heterocycles. The smallest absolute Gasteiger partial charge is 0.305 e. The van der Waals surface area contributed by atoms with E-state index in [1.54, 1.807) is 7.11 Å². The third-order valence-electron chi connectivity index (χ3n) is 1.94. The van der Waals surface area contributed by atoms with Crippen molar-refractivity contribution in [1.29, 1.82) is 0 Å². The Morgan fingerprint density at radius 1 is 1.21 bits per heavy atom. The molecular weight excluding hydrogens is 180 g/mol. The SMILES string of the molecule is COCCCCC(=O)OCCC(C)C. The Balaban J connectivity index is 3.20. The lowest BCUT2D eigenvalue weighted by atomic mass is 10.1. The van der Waals surface area contributed by atoms with Gasteiger partial charge in [-0.15, -0.1) is 0 Å². The molecule has 0 aliphatic heterocycles. The summed E-state index contributed by atoms with van der Waals surface area (Å²) in [7, 11) is 1.67. The number of rotatable bonds is 8. The molecule has 14 heavy (non-hydrogen) atoms. The van der Waals surface area contributed by atoms with Gasteiger partial charge in [0.25, 0.3) is 0 Å². The molecule has 0 aliphatic rings. The average molecular weight is 202 g/mol. The lowest BCUT2D eigenvalue weighted by Crippen LogP contribution is -2.07. The van der Waals surface area contributed by atoms with Gasteiger partial charge in [-0.3, -0.25) is 4.79 Å². The predicted octanol–water partition coefficient (Wildman–Crippen LogP) is 2.39. The molecule has 0 amide bonds. The van der Waals surface area contributed by atoms with Gasteiger partial charge >= 0.3 is 5.97 Å². The van der Waals surface area contributed by atoms with Gasteiger partial charge < -0.3 is 9.47 Å². The lowest BCUT2D eigenvalue weighted by Gasteiger charge is -2.06. The van der Waals surface area contributed by atoms with Crippen molar-refractivity contribution in [3.05, 3.63) is 0 Å². The minimum atomic E-state index is -0.0817. The third kappa shape index (κ3) is 9.52. The number of hydrogen-bond acceptors (Lipinski definition) is 3. The van der Waals surface area contributed by atoms with Crippen LogP contribution in [-0.2, 0) is 14.3 Å². The fourth-order valence-electron chi connectivity index (χ4n) is 0.996. The molecule has 0 bridgehead atoms. The lowest BCUT2D eigenvalue weighted by molar-refractivity contribution is -0.144. The van der Waals surface area contributed by atoms with E-state index in [2.05, 4.69) is 13.8 Å². The molecule has 0 N–H and O–H groups in total. The topological polar surface area (TPSA) is 35.5 Å². The number of hydrogen-bond donors (Lipinski definition) is 0. The van der Waals surface area contributed by atoms with E-state index >= 15 is 0 Å². The molecule has 0 fully saturated rings. The molecule has 0 atom stereocenters. The average Bonchev–Trinajstić information content (AvgIpc) is 2.12. The molecule has 0 saturated heterocycles. The van der Waals surface area contributed by atoms with Gasteiger partial charge in [-0.1, -0.05) is 13.8 Å². The van der Waals surface area contributed by atoms with Crippen molar-refractivity contribution in [2.75, 3.05) is 20.3 Å². The summed E-state index contributed by atoms with van der Waals surface area (Å²) in [6.45, 7) is 5.51. The summed E-state index contributed by atoms with van der Waals surface area (Å²) in [6.07, 6.45) is 3.25. The van der Waals surface area contributed by atoms with Gasteiger partial charge in [0, 0.05) is 20.1 Å². The van der Waals surface area contributed by atoms with Gasteiger partial charge in [-0.2, -0.15) is 0 Å². The van der Waals surface area contributed by atoms with Gasteiger partial charge in [0.15, 0.2) is 0 Å². The Bertz CT molecular complexity index is 143. The van der Waals surface area contributed by atoms with Crippen LogP contribution in [0, 0.1) is 5.92 Å². The highest BCUT2D eigenvalue weighted by Crippen LogP contribution is 2.02. The molecule has 84 valence electrons. The zero-order chi connectivity index (χ0) is 10.8. The summed E-state index contributed by atoms with van der Waals surface area (Å²) in [5.41, 5.74) is 0. The molecule has 0 rings (SSSR count). The number of ether oxygens (including phenoxy) is 2. The summed E-state index contributed by atoms with van der Waals surface area (Å²) < 4.78 is 9.94. The highest BCUT2D eigenvalue weighted by Gasteiger charge is 2.02. The van der Waals surface area contributed by atoms with Gasteiger partial charge in [-0.05, 0) is 25.2 Å². The fourth-order valence-corrected chi connectivity index (χ4v) is 0.996. The van der Waals surface area contributed by atoms with E-state index in [0.29, 0.717) is 18.9 Å². The van der Waals surface area contributed by atoms with Crippen molar-refractivity contribution in [1.82, 2.24) is 0 Å². The molecule has 3 nitrogen and oxygen atoms in total. The van der Waals surface area contributed by atoms with E-state index in [1.165, 1.54) is 0 Å². The Hall–Kier alpha value is -0.570. The van der Waals surface area contributed by atoms with Crippen molar-refractivity contribution < 1.29 is 14.3 Å². The van der Waals surface area contributed by atoms with E-state index in [0.717, 1.165) is 25.9 Å². The molecule has 3 heteroatoms. The summed E-state index contributed by atoms with van der Waals surface area (Å²) in [5, 5.41) is 0. The summed E-state index contributed by atoms with van der Waals surface area (Å²) in [6, 6.07) is 0. The maximum atomic E-state index is 11.1. The zero-order valence-corrected chi connectivity index (χ0v) is 9.54. The second-order valence-corrected chi connectivity index (χ2v) is 3.85. The number of carbonyl (C=O) groups is 1. The highest BCUT2D eigenvalue weighted by molar-refractivity contribution is 5.69. The maximum Gasteiger partial charge on any atom is 0.305 e. The molecule has 0 spiro atoms. The third-order valence-corrected chi connectivity index (χ3v) is 1.94. The number of carbonyl (C=O) groups excluding carboxylic acids is 1. The standard InChI is InChI=1S/C11H22O3/c1-10(2)7-9-14-11(12)6-4-5-8-13-3/h10H,4-9H2,1-3H3. The number of unbranched alkanes of at least 4 members (excludes halogenated alkanes) is 1. The molecule has 0 aromatic heterocycles. The largest absolute Gasteiger partial charge is 0.466 e. The first-order chi connectivity index (χ1) is 6.66. The van der Waals surface area contributed by atoms with E-state index in [1.807, 2.05) is 0 Å². The Kier molecular flexibility index (Phi) is 8.64. The van der Waals surface area contributed by atoms with Gasteiger partial charge in [-0.25, -0.2) is 0 Å². The van der Waals surface area contributed by atoms with E-state index in [4.69, 9.17) is 9.47 Å². The van der Waals surface area contributed by atoms with Crippen LogP contribution < -0.4 is 0 Å². The highest BCUT2D eigenvalue weighted by atomic mass is 16.5. The second-order valence-electron chi connectivity index (χ2n) is 3.85. The van der Waals surface area contributed by atoms with E-state index in [-0.39, 0.29) is 5.97 Å². The van der Waals surface area contributed by atoms with Crippen LogP contribution in [0.4, 0.5) is 0 Å². The molecular formula is C11H22O3. The molecule has 0 aromatic carbocycles. The Morgan fingerprint density at radius 2 is 1.93 bits per heavy atom. The second kappa shape index (κ2) is 9.00.